The van der Waals surface area contributed by atoms with Crippen molar-refractivity contribution in [1.82, 2.24) is 0 Å². The minimum atomic E-state index is -1.56. The minimum Gasteiger partial charge on any atom is -0.453 e. The molecule has 164 valence electrons. The average molecular weight is 428 g/mol. The van der Waals surface area contributed by atoms with Gasteiger partial charge in [-0.05, 0) is 38.1 Å². The Labute approximate surface area is 179 Å². The standard InChI is InChI=1S/C23H24O8/c1-23(2)30-19-17(28-21(26)13-9-5-3-6-10-13)15(24)16(25)18(20(19)31-23)29-22(27)14-11-7-4-8-12-14/h3-12,15-20,24-25H,1-2H3/t15-,16+,17-,18-,19+,20+/m1/s1. The van der Waals surface area contributed by atoms with Gasteiger partial charge in [0, 0.05) is 0 Å². The summed E-state index contributed by atoms with van der Waals surface area (Å²) in [5, 5.41) is 21.5. The van der Waals surface area contributed by atoms with Crippen LogP contribution in [0.4, 0.5) is 0 Å². The van der Waals surface area contributed by atoms with Gasteiger partial charge in [-0.1, -0.05) is 36.4 Å². The quantitative estimate of drug-likeness (QED) is 0.708. The van der Waals surface area contributed by atoms with Crippen molar-refractivity contribution >= 4 is 11.9 Å². The third-order valence-corrected chi connectivity index (χ3v) is 5.34. The highest BCUT2D eigenvalue weighted by Gasteiger charge is 2.60. The molecule has 8 heteroatoms. The maximum absolute atomic E-state index is 12.6. The fourth-order valence-corrected chi connectivity index (χ4v) is 3.91. The van der Waals surface area contributed by atoms with Crippen molar-refractivity contribution in [2.45, 2.75) is 56.3 Å². The SMILES string of the molecule is CC1(C)O[C@@H]2[C@@H](O1)[C@H](OC(=O)c1ccccc1)[C@@H](O)[C@@H](O)[C@H]2OC(=O)c1ccccc1. The van der Waals surface area contributed by atoms with Crippen LogP contribution in [0.2, 0.25) is 0 Å². The van der Waals surface area contributed by atoms with E-state index in [2.05, 4.69) is 0 Å². The molecule has 2 aliphatic rings. The number of hydrogen-bond acceptors (Lipinski definition) is 8. The molecule has 1 aliphatic heterocycles. The van der Waals surface area contributed by atoms with E-state index in [1.807, 2.05) is 0 Å². The van der Waals surface area contributed by atoms with Crippen LogP contribution in [0.1, 0.15) is 34.6 Å². The highest BCUT2D eigenvalue weighted by Crippen LogP contribution is 2.40. The van der Waals surface area contributed by atoms with Crippen molar-refractivity contribution in [3.8, 4) is 0 Å². The van der Waals surface area contributed by atoms with E-state index in [9.17, 15) is 19.8 Å². The lowest BCUT2D eigenvalue weighted by Gasteiger charge is -2.42. The van der Waals surface area contributed by atoms with Crippen LogP contribution in [0.25, 0.3) is 0 Å². The highest BCUT2D eigenvalue weighted by atomic mass is 16.8. The van der Waals surface area contributed by atoms with Crippen molar-refractivity contribution in [1.29, 1.82) is 0 Å². The first-order chi connectivity index (χ1) is 14.8. The molecule has 1 heterocycles. The van der Waals surface area contributed by atoms with Gasteiger partial charge in [0.25, 0.3) is 0 Å². The largest absolute Gasteiger partial charge is 0.453 e. The van der Waals surface area contributed by atoms with Crippen LogP contribution in [0.15, 0.2) is 60.7 Å². The van der Waals surface area contributed by atoms with Gasteiger partial charge in [-0.25, -0.2) is 9.59 Å². The average Bonchev–Trinajstić information content (AvgIpc) is 3.10. The third-order valence-electron chi connectivity index (χ3n) is 5.34. The zero-order valence-corrected chi connectivity index (χ0v) is 17.1. The first-order valence-corrected chi connectivity index (χ1v) is 10.0. The summed E-state index contributed by atoms with van der Waals surface area (Å²) in [5.74, 6) is -2.46. The van der Waals surface area contributed by atoms with Crippen LogP contribution in [0, 0.1) is 0 Å². The van der Waals surface area contributed by atoms with Crippen LogP contribution in [0.5, 0.6) is 0 Å². The van der Waals surface area contributed by atoms with Gasteiger partial charge in [0.2, 0.25) is 0 Å². The summed E-state index contributed by atoms with van der Waals surface area (Å²) in [6.45, 7) is 3.30. The molecule has 31 heavy (non-hydrogen) atoms. The Kier molecular flexibility index (Phi) is 5.81. The summed E-state index contributed by atoms with van der Waals surface area (Å²) in [5.41, 5.74) is 0.577. The van der Waals surface area contributed by atoms with Crippen molar-refractivity contribution in [3.63, 3.8) is 0 Å². The normalized spacial score (nSPS) is 31.5. The number of hydrogen-bond donors (Lipinski definition) is 2. The van der Waals surface area contributed by atoms with Crippen LogP contribution in [-0.4, -0.2) is 64.6 Å². The first-order valence-electron chi connectivity index (χ1n) is 10.0. The molecule has 0 aromatic heterocycles. The number of rotatable bonds is 4. The Balaban J connectivity index is 1.57. The number of aliphatic hydroxyl groups is 2. The molecule has 8 nitrogen and oxygen atoms in total. The molecule has 0 spiro atoms. The van der Waals surface area contributed by atoms with Crippen LogP contribution >= 0.6 is 0 Å². The van der Waals surface area contributed by atoms with Gasteiger partial charge < -0.3 is 29.2 Å². The zero-order chi connectivity index (χ0) is 22.2. The van der Waals surface area contributed by atoms with Gasteiger partial charge in [0.05, 0.1) is 11.1 Å². The summed E-state index contributed by atoms with van der Waals surface area (Å²) in [7, 11) is 0. The molecule has 0 bridgehead atoms. The van der Waals surface area contributed by atoms with Crippen molar-refractivity contribution in [2.24, 2.45) is 0 Å². The molecule has 2 fully saturated rings. The number of aliphatic hydroxyl groups excluding tert-OH is 2. The number of fused-ring (bicyclic) bond motifs is 1. The second kappa shape index (κ2) is 8.39. The highest BCUT2D eigenvalue weighted by molar-refractivity contribution is 5.90. The summed E-state index contributed by atoms with van der Waals surface area (Å²) < 4.78 is 22.8. The fourth-order valence-electron chi connectivity index (χ4n) is 3.91. The molecule has 1 aliphatic carbocycles. The lowest BCUT2D eigenvalue weighted by Crippen LogP contribution is -2.64. The summed E-state index contributed by atoms with van der Waals surface area (Å²) in [4.78, 5) is 25.1. The molecule has 2 aromatic rings. The second-order valence-corrected chi connectivity index (χ2v) is 8.02. The van der Waals surface area contributed by atoms with Crippen molar-refractivity contribution < 1.29 is 38.7 Å². The van der Waals surface area contributed by atoms with Gasteiger partial charge in [-0.3, -0.25) is 0 Å². The predicted molar refractivity (Wildman–Crippen MR) is 107 cm³/mol. The Morgan fingerprint density at radius 2 is 1.10 bits per heavy atom. The maximum atomic E-state index is 12.6. The Morgan fingerprint density at radius 3 is 1.45 bits per heavy atom. The molecule has 2 N–H and O–H groups in total. The molecule has 2 aromatic carbocycles. The Bertz CT molecular complexity index is 854. The fraction of sp³-hybridized carbons (Fsp3) is 0.391. The first kappa shape index (κ1) is 21.5. The molecular weight excluding hydrogens is 404 g/mol. The van der Waals surface area contributed by atoms with E-state index in [1.165, 1.54) is 0 Å². The van der Waals surface area contributed by atoms with Crippen molar-refractivity contribution in [2.75, 3.05) is 0 Å². The Morgan fingerprint density at radius 1 is 0.742 bits per heavy atom. The van der Waals surface area contributed by atoms with E-state index in [0.29, 0.717) is 0 Å². The van der Waals surface area contributed by atoms with E-state index in [0.717, 1.165) is 0 Å². The van der Waals surface area contributed by atoms with Crippen molar-refractivity contribution in [3.05, 3.63) is 71.8 Å². The number of benzene rings is 2. The maximum Gasteiger partial charge on any atom is 0.338 e. The van der Waals surface area contributed by atoms with Gasteiger partial charge in [-0.2, -0.15) is 0 Å². The molecule has 1 saturated heterocycles. The number of carbonyl (C=O) groups excluding carboxylic acids is 2. The number of ether oxygens (including phenoxy) is 4. The molecule has 4 rings (SSSR count). The molecule has 0 unspecified atom stereocenters. The smallest absolute Gasteiger partial charge is 0.338 e. The zero-order valence-electron chi connectivity index (χ0n) is 17.1. The lowest BCUT2D eigenvalue weighted by molar-refractivity contribution is -0.193. The summed E-state index contributed by atoms with van der Waals surface area (Å²) in [6, 6.07) is 16.6. The summed E-state index contributed by atoms with van der Waals surface area (Å²) in [6.07, 6.45) is -7.45. The lowest BCUT2D eigenvalue weighted by atomic mass is 9.84. The molecular formula is C23H24O8. The monoisotopic (exact) mass is 428 g/mol. The van der Waals surface area contributed by atoms with Crippen LogP contribution in [0.3, 0.4) is 0 Å². The van der Waals surface area contributed by atoms with Gasteiger partial charge in [-0.15, -0.1) is 0 Å². The van der Waals surface area contributed by atoms with Gasteiger partial charge >= 0.3 is 11.9 Å². The van der Waals surface area contributed by atoms with E-state index in [1.54, 1.807) is 74.5 Å². The topological polar surface area (TPSA) is 112 Å². The Hall–Kier alpha value is -2.78. The van der Waals surface area contributed by atoms with Gasteiger partial charge in [0.15, 0.2) is 18.0 Å². The van der Waals surface area contributed by atoms with Crippen LogP contribution in [-0.2, 0) is 18.9 Å². The molecule has 6 atom stereocenters. The third kappa shape index (κ3) is 4.33. The number of carbonyl (C=O) groups is 2. The van der Waals surface area contributed by atoms with E-state index in [4.69, 9.17) is 18.9 Å². The van der Waals surface area contributed by atoms with E-state index >= 15 is 0 Å². The minimum absolute atomic E-state index is 0.288. The predicted octanol–water partition coefficient (Wildman–Crippen LogP) is 1.69. The molecule has 1 saturated carbocycles. The molecule has 0 amide bonds. The summed E-state index contributed by atoms with van der Waals surface area (Å²) >= 11 is 0. The van der Waals surface area contributed by atoms with Gasteiger partial charge in [0.1, 0.15) is 24.4 Å². The van der Waals surface area contributed by atoms with E-state index in [-0.39, 0.29) is 11.1 Å². The van der Waals surface area contributed by atoms with Crippen LogP contribution < -0.4 is 0 Å². The van der Waals surface area contributed by atoms with E-state index < -0.39 is 54.3 Å². The second-order valence-electron chi connectivity index (χ2n) is 8.02. The molecule has 0 radical (unpaired) electrons. The number of esters is 2.